The largest absolute Gasteiger partial charge is 0.339 e. The first-order valence-corrected chi connectivity index (χ1v) is 9.89. The third-order valence-corrected chi connectivity index (χ3v) is 6.54. The molecule has 0 unspecified atom stereocenters. The zero-order valence-corrected chi connectivity index (χ0v) is 15.7. The van der Waals surface area contributed by atoms with Crippen LogP contribution in [0.5, 0.6) is 0 Å². The Balaban J connectivity index is 1.36. The molecular formula is C19H20ClN7. The van der Waals surface area contributed by atoms with Crippen LogP contribution in [0.15, 0.2) is 18.2 Å². The highest BCUT2D eigenvalue weighted by atomic mass is 35.5. The number of fused-ring (bicyclic) bond motifs is 3. The Morgan fingerprint density at radius 3 is 2.67 bits per heavy atom. The van der Waals surface area contributed by atoms with Crippen LogP contribution in [0.1, 0.15) is 24.2 Å². The van der Waals surface area contributed by atoms with Gasteiger partial charge in [-0.25, -0.2) is 0 Å². The van der Waals surface area contributed by atoms with Crippen LogP contribution < -0.4 is 4.90 Å². The number of hydrogen-bond donors (Lipinski definition) is 0. The van der Waals surface area contributed by atoms with Gasteiger partial charge in [-0.15, -0.1) is 10.2 Å². The molecule has 2 saturated heterocycles. The van der Waals surface area contributed by atoms with Crippen LogP contribution >= 0.6 is 11.6 Å². The topological polar surface area (TPSA) is 64.2 Å². The summed E-state index contributed by atoms with van der Waals surface area (Å²) < 4.78 is 2.22. The number of hydrogen-bond acceptors (Lipinski definition) is 6. The fraction of sp³-hybridized carbons (Fsp3) is 0.526. The standard InChI is InChI=1S/C19H20ClN7/c20-14-1-4-16-13(5-14)6-25(15-2-3-15)7-17-22-23-18(27(16)17)26-10-19(11-26)8-24(9-19)12-21/h1,4-5,15H,2-3,6-11H2. The maximum Gasteiger partial charge on any atom is 0.231 e. The first-order valence-electron chi connectivity index (χ1n) is 9.51. The zero-order valence-electron chi connectivity index (χ0n) is 15.0. The monoisotopic (exact) mass is 381 g/mol. The Labute approximate surface area is 162 Å². The van der Waals surface area contributed by atoms with Crippen molar-refractivity contribution in [1.82, 2.24) is 24.6 Å². The van der Waals surface area contributed by atoms with Crippen molar-refractivity contribution in [1.29, 1.82) is 5.26 Å². The second-order valence-electron chi connectivity index (χ2n) is 8.47. The van der Waals surface area contributed by atoms with Gasteiger partial charge in [0.1, 0.15) is 0 Å². The molecule has 6 rings (SSSR count). The van der Waals surface area contributed by atoms with Crippen molar-refractivity contribution in [2.24, 2.45) is 5.41 Å². The molecule has 2 aromatic rings. The summed E-state index contributed by atoms with van der Waals surface area (Å²) in [5.74, 6) is 1.93. The van der Waals surface area contributed by atoms with Crippen molar-refractivity contribution in [3.8, 4) is 11.9 Å². The van der Waals surface area contributed by atoms with E-state index in [2.05, 4.69) is 42.9 Å². The van der Waals surface area contributed by atoms with E-state index in [0.717, 1.165) is 61.8 Å². The summed E-state index contributed by atoms with van der Waals surface area (Å²) in [5.41, 5.74) is 2.64. The number of likely N-dealkylation sites (tertiary alicyclic amines) is 1. The number of halogens is 1. The maximum absolute atomic E-state index is 9.00. The summed E-state index contributed by atoms with van der Waals surface area (Å²) in [6, 6.07) is 6.79. The third-order valence-electron chi connectivity index (χ3n) is 6.31. The van der Waals surface area contributed by atoms with Crippen molar-refractivity contribution in [2.45, 2.75) is 32.0 Å². The lowest BCUT2D eigenvalue weighted by molar-refractivity contribution is 0.0184. The fourth-order valence-corrected chi connectivity index (χ4v) is 5.05. The normalized spacial score (nSPS) is 23.1. The average Bonchev–Trinajstić information content (AvgIpc) is 3.37. The Morgan fingerprint density at radius 2 is 1.93 bits per heavy atom. The molecule has 0 radical (unpaired) electrons. The van der Waals surface area contributed by atoms with Crippen LogP contribution in [-0.4, -0.2) is 56.8 Å². The summed E-state index contributed by atoms with van der Waals surface area (Å²) in [6.45, 7) is 5.35. The van der Waals surface area contributed by atoms with Gasteiger partial charge in [-0.3, -0.25) is 9.47 Å². The van der Waals surface area contributed by atoms with Gasteiger partial charge in [0.25, 0.3) is 0 Å². The molecule has 1 spiro atoms. The predicted molar refractivity (Wildman–Crippen MR) is 100 cm³/mol. The van der Waals surface area contributed by atoms with Gasteiger partial charge in [0, 0.05) is 49.2 Å². The van der Waals surface area contributed by atoms with E-state index in [-0.39, 0.29) is 5.41 Å². The van der Waals surface area contributed by atoms with E-state index in [1.54, 1.807) is 0 Å². The lowest BCUT2D eigenvalue weighted by Gasteiger charge is -2.58. The Kier molecular flexibility index (Phi) is 3.13. The summed E-state index contributed by atoms with van der Waals surface area (Å²) >= 11 is 6.31. The van der Waals surface area contributed by atoms with Gasteiger partial charge < -0.3 is 9.80 Å². The van der Waals surface area contributed by atoms with Crippen LogP contribution in [0.2, 0.25) is 5.02 Å². The molecule has 3 fully saturated rings. The van der Waals surface area contributed by atoms with E-state index in [1.807, 2.05) is 11.0 Å². The van der Waals surface area contributed by atoms with E-state index in [9.17, 15) is 0 Å². The predicted octanol–water partition coefficient (Wildman–Crippen LogP) is 2.00. The number of nitriles is 1. The number of aromatic nitrogens is 3. The smallest absolute Gasteiger partial charge is 0.231 e. The lowest BCUT2D eigenvalue weighted by atomic mass is 9.73. The Hall–Kier alpha value is -2.30. The molecule has 4 aliphatic rings. The minimum atomic E-state index is 0.260. The Morgan fingerprint density at radius 1 is 1.11 bits per heavy atom. The van der Waals surface area contributed by atoms with E-state index < -0.39 is 0 Å². The molecule has 0 amide bonds. The highest BCUT2D eigenvalue weighted by Gasteiger charge is 2.53. The van der Waals surface area contributed by atoms with Crippen molar-refractivity contribution >= 4 is 17.5 Å². The number of benzene rings is 1. The van der Waals surface area contributed by atoms with Gasteiger partial charge in [0.15, 0.2) is 12.0 Å². The highest BCUT2D eigenvalue weighted by Crippen LogP contribution is 2.43. The van der Waals surface area contributed by atoms with Gasteiger partial charge in [-0.1, -0.05) is 11.6 Å². The molecule has 1 aromatic carbocycles. The third kappa shape index (κ3) is 2.36. The molecule has 8 heteroatoms. The molecule has 27 heavy (non-hydrogen) atoms. The molecule has 7 nitrogen and oxygen atoms in total. The summed E-state index contributed by atoms with van der Waals surface area (Å²) in [4.78, 5) is 6.63. The van der Waals surface area contributed by atoms with Gasteiger partial charge in [0.2, 0.25) is 5.95 Å². The first kappa shape index (κ1) is 15.7. The van der Waals surface area contributed by atoms with Crippen LogP contribution in [0.25, 0.3) is 5.69 Å². The highest BCUT2D eigenvalue weighted by molar-refractivity contribution is 6.30. The van der Waals surface area contributed by atoms with Crippen LogP contribution in [0.3, 0.4) is 0 Å². The van der Waals surface area contributed by atoms with Crippen molar-refractivity contribution in [2.75, 3.05) is 31.1 Å². The second kappa shape index (κ2) is 5.37. The Bertz CT molecular complexity index is 959. The number of anilines is 1. The van der Waals surface area contributed by atoms with Crippen LogP contribution in [0, 0.1) is 16.9 Å². The van der Waals surface area contributed by atoms with Crippen molar-refractivity contribution in [3.63, 3.8) is 0 Å². The second-order valence-corrected chi connectivity index (χ2v) is 8.91. The quantitative estimate of drug-likeness (QED) is 0.741. The minimum absolute atomic E-state index is 0.260. The number of rotatable bonds is 2. The molecule has 1 saturated carbocycles. The molecule has 1 aliphatic carbocycles. The molecular weight excluding hydrogens is 362 g/mol. The van der Waals surface area contributed by atoms with E-state index in [4.69, 9.17) is 16.9 Å². The SMILES string of the molecule is N#CN1CC2(C1)CN(c1nnc3n1-c1ccc(Cl)cc1CN(C1CC1)C3)C2. The summed E-state index contributed by atoms with van der Waals surface area (Å²) in [5, 5.41) is 18.9. The zero-order chi connectivity index (χ0) is 18.2. The maximum atomic E-state index is 9.00. The fourth-order valence-electron chi connectivity index (χ4n) is 4.85. The first-order chi connectivity index (χ1) is 13.1. The average molecular weight is 382 g/mol. The van der Waals surface area contributed by atoms with E-state index >= 15 is 0 Å². The molecule has 1 aromatic heterocycles. The number of nitrogens with zero attached hydrogens (tertiary/aromatic N) is 7. The minimum Gasteiger partial charge on any atom is -0.339 e. The van der Waals surface area contributed by atoms with Crippen LogP contribution in [0.4, 0.5) is 5.95 Å². The molecule has 0 bridgehead atoms. The molecule has 4 heterocycles. The van der Waals surface area contributed by atoms with Crippen molar-refractivity contribution in [3.05, 3.63) is 34.6 Å². The molecule has 3 aliphatic heterocycles. The summed E-state index contributed by atoms with van der Waals surface area (Å²) in [7, 11) is 0. The molecule has 0 atom stereocenters. The van der Waals surface area contributed by atoms with Crippen LogP contribution in [-0.2, 0) is 13.1 Å². The van der Waals surface area contributed by atoms with E-state index in [1.165, 1.54) is 18.4 Å². The van der Waals surface area contributed by atoms with Crippen molar-refractivity contribution < 1.29 is 0 Å². The summed E-state index contributed by atoms with van der Waals surface area (Å²) in [6.07, 6.45) is 4.77. The molecule has 0 N–H and O–H groups in total. The van der Waals surface area contributed by atoms with Gasteiger partial charge in [0.05, 0.1) is 12.2 Å². The van der Waals surface area contributed by atoms with Gasteiger partial charge in [-0.2, -0.15) is 5.26 Å². The van der Waals surface area contributed by atoms with Gasteiger partial charge >= 0.3 is 0 Å². The van der Waals surface area contributed by atoms with Gasteiger partial charge in [-0.05, 0) is 36.6 Å². The lowest BCUT2D eigenvalue weighted by Crippen LogP contribution is -2.71. The van der Waals surface area contributed by atoms with E-state index in [0.29, 0.717) is 6.04 Å². The molecule has 138 valence electrons.